The Morgan fingerprint density at radius 1 is 1.57 bits per heavy atom. The van der Waals surface area contributed by atoms with Crippen LogP contribution >= 0.6 is 22.6 Å². The Balaban J connectivity index is 4.16. The number of unbranched alkanes of at least 4 members (excludes halogenated alkanes) is 1. The summed E-state index contributed by atoms with van der Waals surface area (Å²) in [6, 6.07) is 0. The number of halogens is 1. The molecule has 0 saturated heterocycles. The number of rotatable bonds is 6. The lowest BCUT2D eigenvalue weighted by atomic mass is 9.82. The van der Waals surface area contributed by atoms with Crippen molar-refractivity contribution in [1.29, 1.82) is 0 Å². The van der Waals surface area contributed by atoms with Gasteiger partial charge in [-0.25, -0.2) is 0 Å². The summed E-state index contributed by atoms with van der Waals surface area (Å²) in [6.45, 7) is 9.06. The number of hydrogen-bond acceptors (Lipinski definition) is 1. The molecule has 0 aliphatic heterocycles. The van der Waals surface area contributed by atoms with E-state index in [2.05, 4.69) is 48.7 Å². The lowest BCUT2D eigenvalue weighted by Gasteiger charge is -2.32. The normalized spacial score (nSPS) is 17.2. The Bertz CT molecular complexity index is 182. The first-order chi connectivity index (χ1) is 6.42. The molecule has 0 radical (unpaired) electrons. The van der Waals surface area contributed by atoms with Crippen LogP contribution in [0.25, 0.3) is 0 Å². The third-order valence-corrected chi connectivity index (χ3v) is 4.31. The molecule has 2 unspecified atom stereocenters. The molecule has 0 aromatic heterocycles. The van der Waals surface area contributed by atoms with Gasteiger partial charge in [-0.05, 0) is 11.8 Å². The molecule has 2 nitrogen and oxygen atoms in total. The van der Waals surface area contributed by atoms with Gasteiger partial charge in [-0.2, -0.15) is 0 Å². The minimum absolute atomic E-state index is 0.0739. The van der Waals surface area contributed by atoms with Gasteiger partial charge in [0.15, 0.2) is 0 Å². The van der Waals surface area contributed by atoms with Crippen LogP contribution in [0.4, 0.5) is 0 Å². The molecule has 1 amide bonds. The fourth-order valence-electron chi connectivity index (χ4n) is 1.33. The summed E-state index contributed by atoms with van der Waals surface area (Å²) in [5.41, 5.74) is 0.238. The van der Waals surface area contributed by atoms with Gasteiger partial charge in [0.2, 0.25) is 5.91 Å². The van der Waals surface area contributed by atoms with Crippen molar-refractivity contribution >= 4 is 28.5 Å². The molecule has 0 bridgehead atoms. The summed E-state index contributed by atoms with van der Waals surface area (Å²) in [6.07, 6.45) is 3.65. The largest absolute Gasteiger partial charge is 0.356 e. The van der Waals surface area contributed by atoms with E-state index in [-0.39, 0.29) is 11.3 Å². The Morgan fingerprint density at radius 2 is 2.14 bits per heavy atom. The number of carbonyl (C=O) groups excluding carboxylic acids is 1. The molecule has 0 saturated carbocycles. The first-order valence-corrected chi connectivity index (χ1v) is 6.55. The third-order valence-electron chi connectivity index (χ3n) is 2.80. The molecule has 1 N–H and O–H groups in total. The van der Waals surface area contributed by atoms with Crippen molar-refractivity contribution in [1.82, 2.24) is 5.32 Å². The second-order valence-electron chi connectivity index (χ2n) is 4.28. The number of carbonyl (C=O) groups is 1. The van der Waals surface area contributed by atoms with E-state index in [0.29, 0.717) is 3.92 Å². The minimum Gasteiger partial charge on any atom is -0.356 e. The van der Waals surface area contributed by atoms with Crippen LogP contribution in [0.1, 0.15) is 47.0 Å². The molecule has 0 aliphatic rings. The van der Waals surface area contributed by atoms with Gasteiger partial charge in [-0.3, -0.25) is 4.79 Å². The predicted octanol–water partition coefficient (Wildman–Crippen LogP) is 3.14. The van der Waals surface area contributed by atoms with Crippen LogP contribution in [0.2, 0.25) is 0 Å². The molecule has 0 aromatic carbocycles. The average Bonchev–Trinajstić information content (AvgIpc) is 2.11. The standard InChI is InChI=1S/C11H22INO/c1-5-6-7-11(4,9(2)12)8-13-10(3)14/h9H,5-8H2,1-4H3,(H,13,14). The second kappa shape index (κ2) is 6.64. The van der Waals surface area contributed by atoms with Crippen LogP contribution < -0.4 is 5.32 Å². The maximum absolute atomic E-state index is 10.9. The lowest BCUT2D eigenvalue weighted by molar-refractivity contribution is -0.119. The fraction of sp³-hybridized carbons (Fsp3) is 0.909. The zero-order valence-corrected chi connectivity index (χ0v) is 11.8. The summed E-state index contributed by atoms with van der Waals surface area (Å²) in [5.74, 6) is 0.0739. The minimum atomic E-state index is 0.0739. The molecule has 0 rings (SSSR count). The maximum atomic E-state index is 10.9. The summed E-state index contributed by atoms with van der Waals surface area (Å²) in [7, 11) is 0. The second-order valence-corrected chi connectivity index (χ2v) is 6.15. The summed E-state index contributed by atoms with van der Waals surface area (Å²) >= 11 is 2.46. The SMILES string of the molecule is CCCCC(C)(CNC(C)=O)C(C)I. The Kier molecular flexibility index (Phi) is 6.74. The number of nitrogens with one attached hydrogen (secondary N) is 1. The Labute approximate surface area is 101 Å². The molecular formula is C11H22INO. The topological polar surface area (TPSA) is 29.1 Å². The quantitative estimate of drug-likeness (QED) is 0.592. The highest BCUT2D eigenvalue weighted by Gasteiger charge is 2.28. The van der Waals surface area contributed by atoms with Crippen molar-refractivity contribution < 1.29 is 4.79 Å². The van der Waals surface area contributed by atoms with Crippen LogP contribution in [0.15, 0.2) is 0 Å². The van der Waals surface area contributed by atoms with Crippen LogP contribution in [-0.2, 0) is 4.79 Å². The first-order valence-electron chi connectivity index (χ1n) is 5.31. The van der Waals surface area contributed by atoms with Crippen LogP contribution in [0.5, 0.6) is 0 Å². The average molecular weight is 311 g/mol. The molecule has 0 fully saturated rings. The van der Waals surface area contributed by atoms with Gasteiger partial charge in [0.25, 0.3) is 0 Å². The Hall–Kier alpha value is 0.200. The highest BCUT2D eigenvalue weighted by atomic mass is 127. The van der Waals surface area contributed by atoms with Crippen LogP contribution in [-0.4, -0.2) is 16.4 Å². The van der Waals surface area contributed by atoms with Crippen molar-refractivity contribution in [2.24, 2.45) is 5.41 Å². The molecule has 84 valence electrons. The fourth-order valence-corrected chi connectivity index (χ4v) is 1.87. The smallest absolute Gasteiger partial charge is 0.216 e. The number of hydrogen-bond donors (Lipinski definition) is 1. The van der Waals surface area contributed by atoms with Gasteiger partial charge < -0.3 is 5.32 Å². The number of amides is 1. The van der Waals surface area contributed by atoms with E-state index < -0.39 is 0 Å². The van der Waals surface area contributed by atoms with E-state index in [0.717, 1.165) is 6.54 Å². The molecule has 0 spiro atoms. The molecule has 0 heterocycles. The number of alkyl halides is 1. The van der Waals surface area contributed by atoms with E-state index in [1.54, 1.807) is 6.92 Å². The van der Waals surface area contributed by atoms with E-state index >= 15 is 0 Å². The zero-order chi connectivity index (χ0) is 11.2. The molecule has 0 aromatic rings. The van der Waals surface area contributed by atoms with Crippen molar-refractivity contribution in [3.05, 3.63) is 0 Å². The van der Waals surface area contributed by atoms with E-state index in [1.165, 1.54) is 19.3 Å². The van der Waals surface area contributed by atoms with Gasteiger partial charge in [0.1, 0.15) is 0 Å². The van der Waals surface area contributed by atoms with E-state index in [4.69, 9.17) is 0 Å². The van der Waals surface area contributed by atoms with Gasteiger partial charge >= 0.3 is 0 Å². The Morgan fingerprint density at radius 3 is 2.50 bits per heavy atom. The summed E-state index contributed by atoms with van der Waals surface area (Å²) in [4.78, 5) is 10.9. The van der Waals surface area contributed by atoms with Crippen molar-refractivity contribution in [2.45, 2.75) is 50.9 Å². The lowest BCUT2D eigenvalue weighted by Crippen LogP contribution is -2.39. The highest BCUT2D eigenvalue weighted by molar-refractivity contribution is 14.1. The molecular weight excluding hydrogens is 289 g/mol. The monoisotopic (exact) mass is 311 g/mol. The summed E-state index contributed by atoms with van der Waals surface area (Å²) < 4.78 is 0.582. The molecule has 3 heteroatoms. The van der Waals surface area contributed by atoms with Crippen molar-refractivity contribution in [3.63, 3.8) is 0 Å². The summed E-state index contributed by atoms with van der Waals surface area (Å²) in [5, 5.41) is 2.93. The van der Waals surface area contributed by atoms with E-state index in [1.807, 2.05) is 0 Å². The van der Waals surface area contributed by atoms with Crippen LogP contribution in [0, 0.1) is 5.41 Å². The van der Waals surface area contributed by atoms with Gasteiger partial charge in [-0.1, -0.05) is 56.2 Å². The van der Waals surface area contributed by atoms with E-state index in [9.17, 15) is 4.79 Å². The molecule has 2 atom stereocenters. The van der Waals surface area contributed by atoms with Crippen molar-refractivity contribution in [3.8, 4) is 0 Å². The zero-order valence-electron chi connectivity index (χ0n) is 9.69. The van der Waals surface area contributed by atoms with Gasteiger partial charge in [-0.15, -0.1) is 0 Å². The van der Waals surface area contributed by atoms with Crippen LogP contribution in [0.3, 0.4) is 0 Å². The highest BCUT2D eigenvalue weighted by Crippen LogP contribution is 2.32. The molecule has 14 heavy (non-hydrogen) atoms. The van der Waals surface area contributed by atoms with Crippen molar-refractivity contribution in [2.75, 3.05) is 6.54 Å². The predicted molar refractivity (Wildman–Crippen MR) is 69.8 cm³/mol. The maximum Gasteiger partial charge on any atom is 0.216 e. The van der Waals surface area contributed by atoms with Gasteiger partial charge in [0, 0.05) is 17.4 Å². The third kappa shape index (κ3) is 5.17. The first kappa shape index (κ1) is 14.2. The molecule has 0 aliphatic carbocycles. The van der Waals surface area contributed by atoms with Gasteiger partial charge in [0.05, 0.1) is 0 Å².